The van der Waals surface area contributed by atoms with Crippen molar-refractivity contribution in [2.45, 2.75) is 32.0 Å². The van der Waals surface area contributed by atoms with Gasteiger partial charge in [-0.05, 0) is 55.5 Å². The summed E-state index contributed by atoms with van der Waals surface area (Å²) in [5.41, 5.74) is 1.93. The number of carbonyl (C=O) groups excluding carboxylic acids is 1. The molecule has 1 atom stereocenters. The Balaban J connectivity index is 1.56. The number of aliphatic hydroxyl groups is 1. The average Bonchev–Trinajstić information content (AvgIpc) is 3.64. The van der Waals surface area contributed by atoms with Gasteiger partial charge in [0.2, 0.25) is 5.88 Å². The van der Waals surface area contributed by atoms with Gasteiger partial charge in [-0.1, -0.05) is 29.8 Å². The number of benzene rings is 1. The molecule has 2 N–H and O–H groups in total. The zero-order valence-electron chi connectivity index (χ0n) is 17.2. The van der Waals surface area contributed by atoms with Gasteiger partial charge in [-0.2, -0.15) is 0 Å². The third kappa shape index (κ3) is 5.40. The van der Waals surface area contributed by atoms with Crippen LogP contribution in [0.4, 0.5) is 0 Å². The van der Waals surface area contributed by atoms with Gasteiger partial charge in [0, 0.05) is 41.3 Å². The van der Waals surface area contributed by atoms with Crippen molar-refractivity contribution in [2.75, 3.05) is 6.54 Å². The van der Waals surface area contributed by atoms with Crippen LogP contribution in [-0.4, -0.2) is 33.1 Å². The molecule has 160 valence electrons. The van der Waals surface area contributed by atoms with Gasteiger partial charge in [0.05, 0.1) is 11.2 Å². The summed E-state index contributed by atoms with van der Waals surface area (Å²) in [4.78, 5) is 21.2. The van der Waals surface area contributed by atoms with Gasteiger partial charge in [-0.3, -0.25) is 9.78 Å². The van der Waals surface area contributed by atoms with Gasteiger partial charge in [0.25, 0.3) is 5.91 Å². The Hall–Kier alpha value is -2.96. The summed E-state index contributed by atoms with van der Waals surface area (Å²) in [5.74, 6) is 0.369. The van der Waals surface area contributed by atoms with Crippen molar-refractivity contribution in [3.05, 3.63) is 77.2 Å². The van der Waals surface area contributed by atoms with Crippen molar-refractivity contribution in [2.24, 2.45) is 5.92 Å². The molecular weight excluding hydrogens is 414 g/mol. The predicted octanol–water partition coefficient (Wildman–Crippen LogP) is 4.27. The minimum Gasteiger partial charge on any atom is -0.472 e. The summed E-state index contributed by atoms with van der Waals surface area (Å²) < 4.78 is 5.94. The van der Waals surface area contributed by atoms with Crippen molar-refractivity contribution < 1.29 is 14.6 Å². The van der Waals surface area contributed by atoms with E-state index in [1.807, 2.05) is 24.3 Å². The first-order valence-corrected chi connectivity index (χ1v) is 10.6. The van der Waals surface area contributed by atoms with Gasteiger partial charge >= 0.3 is 0 Å². The Bertz CT molecular complexity index is 1050. The van der Waals surface area contributed by atoms with Crippen LogP contribution in [-0.2, 0) is 6.61 Å². The molecule has 1 aliphatic rings. The van der Waals surface area contributed by atoms with E-state index >= 15 is 0 Å². The normalized spacial score (nSPS) is 15.2. The molecule has 0 spiro atoms. The number of carbonyl (C=O) groups is 1. The molecule has 0 aliphatic heterocycles. The van der Waals surface area contributed by atoms with Crippen molar-refractivity contribution in [3.63, 3.8) is 0 Å². The largest absolute Gasteiger partial charge is 0.472 e. The molecule has 1 amide bonds. The van der Waals surface area contributed by atoms with Gasteiger partial charge in [0.15, 0.2) is 0 Å². The molecular formula is C24H24ClN3O3. The SMILES string of the molecule is C[C@](O)(CNC(=O)c1cnc(OCc2cccnc2)c(-c2ccc(Cl)cc2)c1)C1CC1. The highest BCUT2D eigenvalue weighted by atomic mass is 35.5. The van der Waals surface area contributed by atoms with Crippen molar-refractivity contribution in [3.8, 4) is 17.0 Å². The standard InChI is InChI=1S/C24H24ClN3O3/c1-24(30,19-6-7-19)15-28-22(29)18-11-21(17-4-8-20(25)9-5-17)23(27-13-18)31-14-16-3-2-10-26-12-16/h2-5,8-13,19,30H,6-7,14-15H2,1H3,(H,28,29)/t24-/m0/s1. The van der Waals surface area contributed by atoms with Crippen LogP contribution in [0.15, 0.2) is 61.1 Å². The number of aromatic nitrogens is 2. The first-order chi connectivity index (χ1) is 14.9. The van der Waals surface area contributed by atoms with Gasteiger partial charge in [-0.25, -0.2) is 4.98 Å². The lowest BCUT2D eigenvalue weighted by molar-refractivity contribution is 0.0354. The lowest BCUT2D eigenvalue weighted by Crippen LogP contribution is -2.42. The first kappa shape index (κ1) is 21.3. The maximum atomic E-state index is 12.7. The number of halogens is 1. The van der Waals surface area contributed by atoms with Gasteiger partial charge in [0.1, 0.15) is 6.61 Å². The summed E-state index contributed by atoms with van der Waals surface area (Å²) in [6.45, 7) is 2.26. The van der Waals surface area contributed by atoms with Crippen molar-refractivity contribution in [1.82, 2.24) is 15.3 Å². The monoisotopic (exact) mass is 437 g/mol. The molecule has 0 saturated heterocycles. The Morgan fingerprint density at radius 2 is 2.03 bits per heavy atom. The first-order valence-electron chi connectivity index (χ1n) is 10.2. The summed E-state index contributed by atoms with van der Waals surface area (Å²) in [5, 5.41) is 13.9. The van der Waals surface area contributed by atoms with Crippen LogP contribution in [0.5, 0.6) is 5.88 Å². The Morgan fingerprint density at radius 3 is 2.71 bits per heavy atom. The van der Waals surface area contributed by atoms with E-state index in [1.54, 1.807) is 37.5 Å². The lowest BCUT2D eigenvalue weighted by Gasteiger charge is -2.23. The highest BCUT2D eigenvalue weighted by Crippen LogP contribution is 2.39. The second kappa shape index (κ2) is 9.04. The summed E-state index contributed by atoms with van der Waals surface area (Å²) in [6.07, 6.45) is 6.91. The van der Waals surface area contributed by atoms with Gasteiger partial charge < -0.3 is 15.2 Å². The van der Waals surface area contributed by atoms with E-state index in [-0.39, 0.29) is 18.4 Å². The average molecular weight is 438 g/mol. The van der Waals surface area contributed by atoms with Crippen LogP contribution in [0, 0.1) is 5.92 Å². The van der Waals surface area contributed by atoms with E-state index < -0.39 is 5.60 Å². The van der Waals surface area contributed by atoms with Crippen LogP contribution >= 0.6 is 11.6 Å². The molecule has 1 saturated carbocycles. The molecule has 1 aliphatic carbocycles. The number of ether oxygens (including phenoxy) is 1. The fourth-order valence-corrected chi connectivity index (χ4v) is 3.50. The smallest absolute Gasteiger partial charge is 0.252 e. The molecule has 1 fully saturated rings. The van der Waals surface area contributed by atoms with E-state index in [2.05, 4.69) is 15.3 Å². The van der Waals surface area contributed by atoms with Gasteiger partial charge in [-0.15, -0.1) is 0 Å². The molecule has 2 heterocycles. The second-order valence-corrected chi connectivity index (χ2v) is 8.48. The second-order valence-electron chi connectivity index (χ2n) is 8.05. The molecule has 2 aromatic heterocycles. The summed E-state index contributed by atoms with van der Waals surface area (Å²) >= 11 is 6.03. The summed E-state index contributed by atoms with van der Waals surface area (Å²) in [7, 11) is 0. The van der Waals surface area contributed by atoms with E-state index in [1.165, 1.54) is 6.20 Å². The zero-order valence-corrected chi connectivity index (χ0v) is 18.0. The van der Waals surface area contributed by atoms with Crippen LogP contribution < -0.4 is 10.1 Å². The van der Waals surface area contributed by atoms with Crippen LogP contribution in [0.1, 0.15) is 35.7 Å². The predicted molar refractivity (Wildman–Crippen MR) is 119 cm³/mol. The Labute approximate surface area is 186 Å². The van der Waals surface area contributed by atoms with Crippen LogP contribution in [0.25, 0.3) is 11.1 Å². The fraction of sp³-hybridized carbons (Fsp3) is 0.292. The van der Waals surface area contributed by atoms with E-state index in [4.69, 9.17) is 16.3 Å². The molecule has 1 aromatic carbocycles. The van der Waals surface area contributed by atoms with E-state index in [9.17, 15) is 9.90 Å². The van der Waals surface area contributed by atoms with Crippen LogP contribution in [0.2, 0.25) is 5.02 Å². The molecule has 0 unspecified atom stereocenters. The fourth-order valence-electron chi connectivity index (χ4n) is 3.37. The highest BCUT2D eigenvalue weighted by molar-refractivity contribution is 6.30. The molecule has 31 heavy (non-hydrogen) atoms. The minimum absolute atomic E-state index is 0.200. The number of hydrogen-bond acceptors (Lipinski definition) is 5. The molecule has 4 rings (SSSR count). The Kier molecular flexibility index (Phi) is 6.20. The van der Waals surface area contributed by atoms with E-state index in [0.29, 0.717) is 28.6 Å². The van der Waals surface area contributed by atoms with E-state index in [0.717, 1.165) is 24.0 Å². The topological polar surface area (TPSA) is 84.3 Å². The number of pyridine rings is 2. The molecule has 0 radical (unpaired) electrons. The lowest BCUT2D eigenvalue weighted by atomic mass is 10.0. The number of hydrogen-bond donors (Lipinski definition) is 2. The maximum Gasteiger partial charge on any atom is 0.252 e. The quantitative estimate of drug-likeness (QED) is 0.549. The third-order valence-corrected chi connectivity index (χ3v) is 5.68. The highest BCUT2D eigenvalue weighted by Gasteiger charge is 2.40. The summed E-state index contributed by atoms with van der Waals surface area (Å²) in [6, 6.07) is 12.8. The third-order valence-electron chi connectivity index (χ3n) is 5.43. The molecule has 7 heteroatoms. The zero-order chi connectivity index (χ0) is 21.8. The van der Waals surface area contributed by atoms with Crippen molar-refractivity contribution in [1.29, 1.82) is 0 Å². The molecule has 6 nitrogen and oxygen atoms in total. The number of nitrogens with zero attached hydrogens (tertiary/aromatic N) is 2. The molecule has 0 bridgehead atoms. The minimum atomic E-state index is -0.894. The van der Waals surface area contributed by atoms with Crippen LogP contribution in [0.3, 0.4) is 0 Å². The maximum absolute atomic E-state index is 12.7. The molecule has 3 aromatic rings. The number of rotatable bonds is 8. The number of nitrogens with one attached hydrogen (secondary N) is 1. The van der Waals surface area contributed by atoms with Crippen molar-refractivity contribution >= 4 is 17.5 Å². The number of amides is 1. The Morgan fingerprint density at radius 1 is 1.26 bits per heavy atom.